The Kier molecular flexibility index (Phi) is 8.28. The molecule has 13 heteroatoms. The van der Waals surface area contributed by atoms with Gasteiger partial charge in [0.05, 0.1) is 13.2 Å². The Labute approximate surface area is 166 Å². The third-order valence-corrected chi connectivity index (χ3v) is 4.78. The van der Waals surface area contributed by atoms with Gasteiger partial charge in [-0.05, 0) is 0 Å². The van der Waals surface area contributed by atoms with Crippen LogP contribution in [0.4, 0.5) is 0 Å². The van der Waals surface area contributed by atoms with Crippen molar-refractivity contribution < 1.29 is 54.4 Å². The molecule has 8 N–H and O–H groups in total. The second-order valence-corrected chi connectivity index (χ2v) is 7.00. The normalized spacial score (nSPS) is 42.9. The average molecular weight is 424 g/mol. The molecule has 13 nitrogen and oxygen atoms in total. The molecule has 0 aromatic heterocycles. The van der Waals surface area contributed by atoms with E-state index in [0.717, 1.165) is 13.8 Å². The van der Waals surface area contributed by atoms with Gasteiger partial charge in [-0.15, -0.1) is 0 Å². The molecule has 2 aliphatic rings. The number of hydrogen-bond donors (Lipinski definition) is 8. The predicted molar refractivity (Wildman–Crippen MR) is 91.8 cm³/mol. The number of aliphatic hydroxyl groups excluding tert-OH is 6. The molecule has 29 heavy (non-hydrogen) atoms. The highest BCUT2D eigenvalue weighted by molar-refractivity contribution is 5.73. The van der Waals surface area contributed by atoms with Crippen molar-refractivity contribution in [2.24, 2.45) is 0 Å². The zero-order chi connectivity index (χ0) is 21.9. The van der Waals surface area contributed by atoms with E-state index >= 15 is 0 Å². The first-order valence-electron chi connectivity index (χ1n) is 9.05. The van der Waals surface area contributed by atoms with Crippen LogP contribution in [0, 0.1) is 0 Å². The third-order valence-electron chi connectivity index (χ3n) is 4.78. The number of amides is 2. The number of rotatable bonds is 6. The minimum absolute atomic E-state index is 0.568. The number of carbonyl (C=O) groups is 2. The standard InChI is InChI=1S/C16H28N2O11/c1-5(21)17-9-13(25)14(8(4-20)27-15(9)26)29-16-10(18-6(2)22)12(24)11(23)7(3-19)28-16/h7-16,19-20,23-26H,3-4H2,1-2H3,(H,17,21)(H,18,22)/t7-,8-,9-,10-,11-,12-,13-,14+,15?,16-/m1/s1. The second-order valence-electron chi connectivity index (χ2n) is 7.00. The van der Waals surface area contributed by atoms with Crippen LogP contribution in [0.5, 0.6) is 0 Å². The van der Waals surface area contributed by atoms with E-state index in [2.05, 4.69) is 10.6 Å². The van der Waals surface area contributed by atoms with Gasteiger partial charge in [-0.1, -0.05) is 0 Å². The molecule has 0 aromatic rings. The molecular weight excluding hydrogens is 396 g/mol. The summed E-state index contributed by atoms with van der Waals surface area (Å²) in [5.41, 5.74) is 0. The van der Waals surface area contributed by atoms with Gasteiger partial charge in [-0.25, -0.2) is 0 Å². The van der Waals surface area contributed by atoms with Crippen LogP contribution < -0.4 is 10.6 Å². The second kappa shape index (κ2) is 10.1. The van der Waals surface area contributed by atoms with Gasteiger partial charge in [0.25, 0.3) is 0 Å². The molecule has 0 bridgehead atoms. The maximum absolute atomic E-state index is 11.5. The number of aliphatic hydroxyl groups is 6. The molecule has 2 aliphatic heterocycles. The first-order chi connectivity index (χ1) is 13.6. The summed E-state index contributed by atoms with van der Waals surface area (Å²) in [6.45, 7) is 0.962. The van der Waals surface area contributed by atoms with Crippen molar-refractivity contribution in [1.29, 1.82) is 0 Å². The van der Waals surface area contributed by atoms with Crippen LogP contribution in [0.25, 0.3) is 0 Å². The quantitative estimate of drug-likeness (QED) is 0.202. The largest absolute Gasteiger partial charge is 0.394 e. The summed E-state index contributed by atoms with van der Waals surface area (Å²) < 4.78 is 16.3. The number of carbonyl (C=O) groups excluding carboxylic acids is 2. The minimum Gasteiger partial charge on any atom is -0.394 e. The van der Waals surface area contributed by atoms with Crippen molar-refractivity contribution in [3.63, 3.8) is 0 Å². The molecule has 2 saturated heterocycles. The van der Waals surface area contributed by atoms with Crippen LogP contribution in [0.3, 0.4) is 0 Å². The van der Waals surface area contributed by atoms with E-state index in [1.807, 2.05) is 0 Å². The van der Waals surface area contributed by atoms with Crippen LogP contribution in [0.2, 0.25) is 0 Å². The molecule has 0 radical (unpaired) electrons. The molecule has 0 aliphatic carbocycles. The van der Waals surface area contributed by atoms with Crippen molar-refractivity contribution in [3.8, 4) is 0 Å². The van der Waals surface area contributed by atoms with Crippen LogP contribution in [0.1, 0.15) is 13.8 Å². The molecule has 0 saturated carbocycles. The predicted octanol–water partition coefficient (Wildman–Crippen LogP) is -5.11. The molecule has 1 unspecified atom stereocenters. The molecule has 2 amide bonds. The van der Waals surface area contributed by atoms with E-state index in [1.54, 1.807) is 0 Å². The Balaban J connectivity index is 2.26. The number of hydrogen-bond acceptors (Lipinski definition) is 11. The topological polar surface area (TPSA) is 207 Å². The van der Waals surface area contributed by atoms with E-state index < -0.39 is 86.3 Å². The van der Waals surface area contributed by atoms with Gasteiger partial charge < -0.3 is 55.5 Å². The average Bonchev–Trinajstić information content (AvgIpc) is 2.65. The summed E-state index contributed by atoms with van der Waals surface area (Å²) in [4.78, 5) is 22.8. The summed E-state index contributed by atoms with van der Waals surface area (Å²) in [6, 6.07) is -2.59. The van der Waals surface area contributed by atoms with Gasteiger partial charge in [-0.3, -0.25) is 9.59 Å². The minimum atomic E-state index is -1.64. The van der Waals surface area contributed by atoms with Gasteiger partial charge in [0, 0.05) is 13.8 Å². The first-order valence-corrected chi connectivity index (χ1v) is 9.05. The van der Waals surface area contributed by atoms with Crippen molar-refractivity contribution in [1.82, 2.24) is 10.6 Å². The van der Waals surface area contributed by atoms with Gasteiger partial charge in [0.1, 0.15) is 48.7 Å². The van der Waals surface area contributed by atoms with Crippen molar-refractivity contribution in [3.05, 3.63) is 0 Å². The fourth-order valence-corrected chi connectivity index (χ4v) is 3.38. The van der Waals surface area contributed by atoms with Crippen molar-refractivity contribution in [2.75, 3.05) is 13.2 Å². The Morgan fingerprint density at radius 1 is 0.828 bits per heavy atom. The summed E-state index contributed by atoms with van der Waals surface area (Å²) in [5.74, 6) is -1.14. The van der Waals surface area contributed by atoms with E-state index in [1.165, 1.54) is 0 Å². The van der Waals surface area contributed by atoms with E-state index in [-0.39, 0.29) is 0 Å². The van der Waals surface area contributed by atoms with Crippen molar-refractivity contribution in [2.45, 2.75) is 75.1 Å². The highest BCUT2D eigenvalue weighted by Crippen LogP contribution is 2.28. The monoisotopic (exact) mass is 424 g/mol. The number of nitrogens with one attached hydrogen (secondary N) is 2. The van der Waals surface area contributed by atoms with Gasteiger partial charge in [0.2, 0.25) is 11.8 Å². The third kappa shape index (κ3) is 5.39. The zero-order valence-electron chi connectivity index (χ0n) is 15.9. The lowest BCUT2D eigenvalue weighted by Gasteiger charge is -2.47. The molecule has 0 spiro atoms. The lowest BCUT2D eigenvalue weighted by atomic mass is 9.94. The molecule has 168 valence electrons. The molecule has 10 atom stereocenters. The maximum Gasteiger partial charge on any atom is 0.217 e. The summed E-state index contributed by atoms with van der Waals surface area (Å²) in [6.07, 6.45) is -11.7. The van der Waals surface area contributed by atoms with E-state index in [4.69, 9.17) is 14.2 Å². The molecule has 2 rings (SSSR count). The SMILES string of the molecule is CC(=O)N[C@H]1[C@@H](O[C@@H]2[C@H](O)[C@@H](NC(C)=O)C(O)O[C@@H]2CO)O[C@H](CO)[C@@H](O)[C@@H]1O. The maximum atomic E-state index is 11.5. The van der Waals surface area contributed by atoms with Crippen LogP contribution >= 0.6 is 0 Å². The van der Waals surface area contributed by atoms with Gasteiger partial charge >= 0.3 is 0 Å². The Morgan fingerprint density at radius 2 is 1.38 bits per heavy atom. The van der Waals surface area contributed by atoms with E-state index in [0.29, 0.717) is 0 Å². The van der Waals surface area contributed by atoms with Gasteiger partial charge in [0.15, 0.2) is 12.6 Å². The summed E-state index contributed by atoms with van der Waals surface area (Å²) in [7, 11) is 0. The molecule has 2 heterocycles. The Morgan fingerprint density at radius 3 is 1.90 bits per heavy atom. The lowest BCUT2D eigenvalue weighted by Crippen LogP contribution is -2.69. The molecular formula is C16H28N2O11. The first kappa shape index (κ1) is 23.9. The van der Waals surface area contributed by atoms with Crippen LogP contribution in [0.15, 0.2) is 0 Å². The fourth-order valence-electron chi connectivity index (χ4n) is 3.38. The summed E-state index contributed by atoms with van der Waals surface area (Å²) >= 11 is 0. The lowest BCUT2D eigenvalue weighted by molar-refractivity contribution is -0.327. The zero-order valence-corrected chi connectivity index (χ0v) is 15.9. The highest BCUT2D eigenvalue weighted by Gasteiger charge is 2.51. The smallest absolute Gasteiger partial charge is 0.217 e. The molecule has 0 aromatic carbocycles. The summed E-state index contributed by atoms with van der Waals surface area (Å²) in [5, 5.41) is 64.5. The highest BCUT2D eigenvalue weighted by atomic mass is 16.7. The number of ether oxygens (including phenoxy) is 3. The Hall–Kier alpha value is -1.42. The molecule has 2 fully saturated rings. The Bertz CT molecular complexity index is 579. The van der Waals surface area contributed by atoms with E-state index in [9.17, 15) is 40.2 Å². The van der Waals surface area contributed by atoms with Gasteiger partial charge in [-0.2, -0.15) is 0 Å². The van der Waals surface area contributed by atoms with Crippen molar-refractivity contribution >= 4 is 11.8 Å². The fraction of sp³-hybridized carbons (Fsp3) is 0.875. The van der Waals surface area contributed by atoms with Crippen LogP contribution in [-0.4, -0.2) is 117 Å². The van der Waals surface area contributed by atoms with Crippen LogP contribution in [-0.2, 0) is 23.8 Å².